The van der Waals surface area contributed by atoms with Crippen LogP contribution in [0.4, 0.5) is 5.69 Å². The Bertz CT molecular complexity index is 1070. The maximum absolute atomic E-state index is 13.3. The summed E-state index contributed by atoms with van der Waals surface area (Å²) in [6.07, 6.45) is 0. The van der Waals surface area contributed by atoms with Gasteiger partial charge in [0.1, 0.15) is 6.67 Å². The first-order chi connectivity index (χ1) is 14.0. The Hall–Kier alpha value is -3.73. The SMILES string of the molecule is Cc1ccc(C(=O)N(CN2C(=O)c3ccccc3C2=O)c2ccc(C)cc2)cc1. The zero-order valence-corrected chi connectivity index (χ0v) is 16.3. The third-order valence-corrected chi connectivity index (χ3v) is 5.05. The highest BCUT2D eigenvalue weighted by Crippen LogP contribution is 2.25. The van der Waals surface area contributed by atoms with Crippen molar-refractivity contribution in [3.05, 3.63) is 101 Å². The van der Waals surface area contributed by atoms with Gasteiger partial charge in [0, 0.05) is 11.3 Å². The van der Waals surface area contributed by atoms with E-state index in [1.807, 2.05) is 50.2 Å². The third kappa shape index (κ3) is 3.43. The Kier molecular flexibility index (Phi) is 4.72. The summed E-state index contributed by atoms with van der Waals surface area (Å²) < 4.78 is 0. The van der Waals surface area contributed by atoms with E-state index in [4.69, 9.17) is 0 Å². The van der Waals surface area contributed by atoms with Gasteiger partial charge in [0.15, 0.2) is 0 Å². The van der Waals surface area contributed by atoms with E-state index in [1.165, 1.54) is 4.90 Å². The van der Waals surface area contributed by atoms with E-state index in [2.05, 4.69) is 0 Å². The van der Waals surface area contributed by atoms with Crippen LogP contribution in [0.5, 0.6) is 0 Å². The van der Waals surface area contributed by atoms with E-state index in [0.29, 0.717) is 22.4 Å². The Morgan fingerprint density at radius 2 is 1.24 bits per heavy atom. The fourth-order valence-corrected chi connectivity index (χ4v) is 3.35. The van der Waals surface area contributed by atoms with Crippen LogP contribution in [0.15, 0.2) is 72.8 Å². The van der Waals surface area contributed by atoms with Gasteiger partial charge < -0.3 is 0 Å². The quantitative estimate of drug-likeness (QED) is 0.634. The van der Waals surface area contributed by atoms with Crippen LogP contribution in [0.2, 0.25) is 0 Å². The van der Waals surface area contributed by atoms with E-state index in [0.717, 1.165) is 16.0 Å². The van der Waals surface area contributed by atoms with Gasteiger partial charge in [-0.05, 0) is 50.2 Å². The minimum atomic E-state index is -0.389. The molecule has 144 valence electrons. The van der Waals surface area contributed by atoms with Crippen LogP contribution < -0.4 is 4.90 Å². The molecule has 3 aromatic rings. The molecule has 0 radical (unpaired) electrons. The van der Waals surface area contributed by atoms with Gasteiger partial charge in [-0.2, -0.15) is 0 Å². The molecule has 0 N–H and O–H groups in total. The van der Waals surface area contributed by atoms with Crippen molar-refractivity contribution in [1.29, 1.82) is 0 Å². The molecular weight excluding hydrogens is 364 g/mol. The number of amides is 3. The van der Waals surface area contributed by atoms with Crippen molar-refractivity contribution in [3.63, 3.8) is 0 Å². The zero-order valence-electron chi connectivity index (χ0n) is 16.3. The average Bonchev–Trinajstić information content (AvgIpc) is 2.98. The monoisotopic (exact) mass is 384 g/mol. The van der Waals surface area contributed by atoms with Gasteiger partial charge in [-0.25, -0.2) is 0 Å². The molecular formula is C24H20N2O3. The molecule has 0 spiro atoms. The van der Waals surface area contributed by atoms with Crippen molar-refractivity contribution in [2.75, 3.05) is 11.6 Å². The number of aryl methyl sites for hydroxylation is 2. The first-order valence-electron chi connectivity index (χ1n) is 9.36. The maximum atomic E-state index is 13.3. The summed E-state index contributed by atoms with van der Waals surface area (Å²) in [5.41, 5.74) is 3.94. The number of rotatable bonds is 4. The molecule has 0 saturated carbocycles. The van der Waals surface area contributed by atoms with Crippen LogP contribution in [-0.2, 0) is 0 Å². The highest BCUT2D eigenvalue weighted by molar-refractivity contribution is 6.22. The molecule has 0 aliphatic carbocycles. The van der Waals surface area contributed by atoms with Gasteiger partial charge in [-0.1, -0.05) is 47.5 Å². The van der Waals surface area contributed by atoms with Crippen molar-refractivity contribution in [2.45, 2.75) is 13.8 Å². The topological polar surface area (TPSA) is 57.7 Å². The summed E-state index contributed by atoms with van der Waals surface area (Å²) in [4.78, 5) is 41.5. The van der Waals surface area contributed by atoms with Crippen molar-refractivity contribution in [1.82, 2.24) is 4.90 Å². The summed E-state index contributed by atoms with van der Waals surface area (Å²) in [5, 5.41) is 0. The molecule has 3 aromatic carbocycles. The zero-order chi connectivity index (χ0) is 20.5. The molecule has 5 nitrogen and oxygen atoms in total. The van der Waals surface area contributed by atoms with Gasteiger partial charge in [0.05, 0.1) is 11.1 Å². The van der Waals surface area contributed by atoms with Gasteiger partial charge in [-0.15, -0.1) is 0 Å². The summed E-state index contributed by atoms with van der Waals surface area (Å²) >= 11 is 0. The molecule has 0 saturated heterocycles. The lowest BCUT2D eigenvalue weighted by Crippen LogP contribution is -2.44. The molecule has 0 atom stereocenters. The lowest BCUT2D eigenvalue weighted by molar-refractivity contribution is 0.0650. The Labute approximate surface area is 169 Å². The molecule has 29 heavy (non-hydrogen) atoms. The second-order valence-corrected chi connectivity index (χ2v) is 7.16. The van der Waals surface area contributed by atoms with Crippen LogP contribution in [0.1, 0.15) is 42.2 Å². The van der Waals surface area contributed by atoms with Crippen molar-refractivity contribution < 1.29 is 14.4 Å². The van der Waals surface area contributed by atoms with E-state index in [1.54, 1.807) is 36.4 Å². The highest BCUT2D eigenvalue weighted by atomic mass is 16.2. The first-order valence-corrected chi connectivity index (χ1v) is 9.36. The number of anilines is 1. The molecule has 1 heterocycles. The molecule has 5 heteroatoms. The van der Waals surface area contributed by atoms with Gasteiger partial charge in [0.25, 0.3) is 17.7 Å². The minimum absolute atomic E-state index is 0.151. The number of fused-ring (bicyclic) bond motifs is 1. The summed E-state index contributed by atoms with van der Waals surface area (Å²) in [6, 6.07) is 21.4. The molecule has 1 aliphatic heterocycles. The van der Waals surface area contributed by atoms with Crippen LogP contribution in [0.3, 0.4) is 0 Å². The highest BCUT2D eigenvalue weighted by Gasteiger charge is 2.37. The Morgan fingerprint density at radius 3 is 1.76 bits per heavy atom. The summed E-state index contributed by atoms with van der Waals surface area (Å²) in [6.45, 7) is 3.76. The van der Waals surface area contributed by atoms with Gasteiger partial charge >= 0.3 is 0 Å². The van der Waals surface area contributed by atoms with Crippen molar-refractivity contribution >= 4 is 23.4 Å². The molecule has 0 bridgehead atoms. The molecule has 0 unspecified atom stereocenters. The summed E-state index contributed by atoms with van der Waals surface area (Å²) in [5.74, 6) is -1.05. The van der Waals surface area contributed by atoms with Gasteiger partial charge in [0.2, 0.25) is 0 Å². The second kappa shape index (κ2) is 7.36. The summed E-state index contributed by atoms with van der Waals surface area (Å²) in [7, 11) is 0. The van der Waals surface area contributed by atoms with Crippen molar-refractivity contribution in [3.8, 4) is 0 Å². The van der Waals surface area contributed by atoms with E-state index in [9.17, 15) is 14.4 Å². The number of hydrogen-bond acceptors (Lipinski definition) is 3. The molecule has 0 fully saturated rings. The molecule has 4 rings (SSSR count). The molecule has 1 aliphatic rings. The van der Waals surface area contributed by atoms with E-state index in [-0.39, 0.29) is 24.4 Å². The second-order valence-electron chi connectivity index (χ2n) is 7.16. The lowest BCUT2D eigenvalue weighted by Gasteiger charge is -2.27. The minimum Gasteiger partial charge on any atom is -0.290 e. The lowest BCUT2D eigenvalue weighted by atomic mass is 10.1. The first kappa shape index (κ1) is 18.6. The number of carbonyl (C=O) groups excluding carboxylic acids is 3. The van der Waals surface area contributed by atoms with Gasteiger partial charge in [-0.3, -0.25) is 24.2 Å². The Balaban J connectivity index is 1.70. The van der Waals surface area contributed by atoms with E-state index < -0.39 is 0 Å². The Morgan fingerprint density at radius 1 is 0.759 bits per heavy atom. The van der Waals surface area contributed by atoms with Crippen LogP contribution in [-0.4, -0.2) is 29.3 Å². The normalized spacial score (nSPS) is 12.8. The maximum Gasteiger partial charge on any atom is 0.263 e. The standard InChI is InChI=1S/C24H20N2O3/c1-16-7-11-18(12-8-16)22(27)25(19-13-9-17(2)10-14-19)15-26-23(28)20-5-3-4-6-21(20)24(26)29/h3-14H,15H2,1-2H3. The fraction of sp³-hybridized carbons (Fsp3) is 0.125. The number of carbonyl (C=O) groups is 3. The smallest absolute Gasteiger partial charge is 0.263 e. The van der Waals surface area contributed by atoms with Crippen LogP contribution >= 0.6 is 0 Å². The number of benzene rings is 3. The molecule has 3 amide bonds. The fourth-order valence-electron chi connectivity index (χ4n) is 3.35. The van der Waals surface area contributed by atoms with E-state index >= 15 is 0 Å². The number of nitrogens with zero attached hydrogens (tertiary/aromatic N) is 2. The van der Waals surface area contributed by atoms with Crippen molar-refractivity contribution in [2.24, 2.45) is 0 Å². The predicted molar refractivity (Wildman–Crippen MR) is 111 cm³/mol. The third-order valence-electron chi connectivity index (χ3n) is 5.05. The van der Waals surface area contributed by atoms with Crippen LogP contribution in [0, 0.1) is 13.8 Å². The number of hydrogen-bond donors (Lipinski definition) is 0. The average molecular weight is 384 g/mol. The van der Waals surface area contributed by atoms with Crippen LogP contribution in [0.25, 0.3) is 0 Å². The predicted octanol–water partition coefficient (Wildman–Crippen LogP) is 4.20. The molecule has 0 aromatic heterocycles. The number of imide groups is 1. The largest absolute Gasteiger partial charge is 0.290 e.